The molecular formula is C17H24O4. The van der Waals surface area contributed by atoms with Crippen molar-refractivity contribution in [1.29, 1.82) is 0 Å². The van der Waals surface area contributed by atoms with Crippen molar-refractivity contribution in [1.82, 2.24) is 0 Å². The molecule has 4 heteroatoms. The summed E-state index contributed by atoms with van der Waals surface area (Å²) >= 11 is 0. The number of Topliss-reactive ketones (excluding diaryl/α,β-unsaturated/α-hetero) is 2. The summed E-state index contributed by atoms with van der Waals surface area (Å²) in [5, 5.41) is 0. The minimum Gasteiger partial charge on any atom is -0.489 e. The molecule has 2 rings (SSSR count). The third kappa shape index (κ3) is 2.76. The molecule has 1 aliphatic heterocycles. The molecule has 1 fully saturated rings. The van der Waals surface area contributed by atoms with Gasteiger partial charge in [0.25, 0.3) is 0 Å². The van der Waals surface area contributed by atoms with E-state index in [0.717, 1.165) is 6.42 Å². The topological polar surface area (TPSA) is 52.6 Å². The van der Waals surface area contributed by atoms with Crippen LogP contribution in [0.3, 0.4) is 0 Å². The van der Waals surface area contributed by atoms with E-state index in [4.69, 9.17) is 9.47 Å². The van der Waals surface area contributed by atoms with Gasteiger partial charge < -0.3 is 9.47 Å². The summed E-state index contributed by atoms with van der Waals surface area (Å²) < 4.78 is 11.6. The maximum Gasteiger partial charge on any atom is 0.233 e. The number of ether oxygens (including phenoxy) is 2. The van der Waals surface area contributed by atoms with E-state index in [1.807, 2.05) is 41.5 Å². The van der Waals surface area contributed by atoms with Crippen LogP contribution in [0.2, 0.25) is 0 Å². The zero-order valence-electron chi connectivity index (χ0n) is 13.8. The lowest BCUT2D eigenvalue weighted by molar-refractivity contribution is -0.134. The van der Waals surface area contributed by atoms with E-state index in [1.165, 1.54) is 0 Å². The zero-order valence-corrected chi connectivity index (χ0v) is 13.8. The van der Waals surface area contributed by atoms with Crippen molar-refractivity contribution >= 4 is 11.6 Å². The van der Waals surface area contributed by atoms with E-state index in [0.29, 0.717) is 35.9 Å². The molecule has 0 spiro atoms. The van der Waals surface area contributed by atoms with Gasteiger partial charge in [0.15, 0.2) is 11.5 Å². The van der Waals surface area contributed by atoms with Gasteiger partial charge in [-0.25, -0.2) is 0 Å². The highest BCUT2D eigenvalue weighted by molar-refractivity contribution is 6.50. The van der Waals surface area contributed by atoms with Crippen molar-refractivity contribution in [3.63, 3.8) is 0 Å². The minimum absolute atomic E-state index is 0.428. The lowest BCUT2D eigenvalue weighted by Crippen LogP contribution is -2.37. The van der Waals surface area contributed by atoms with Crippen LogP contribution in [0, 0.1) is 10.8 Å². The van der Waals surface area contributed by atoms with Crippen molar-refractivity contribution in [2.75, 3.05) is 13.2 Å². The Hall–Kier alpha value is -1.58. The van der Waals surface area contributed by atoms with Crippen molar-refractivity contribution in [3.05, 3.63) is 22.7 Å². The number of rotatable bonds is 0. The molecule has 0 amide bonds. The molecule has 4 nitrogen and oxygen atoms in total. The summed E-state index contributed by atoms with van der Waals surface area (Å²) in [5.41, 5.74) is -0.0793. The lowest BCUT2D eigenvalue weighted by Gasteiger charge is -2.33. The number of allylic oxidation sites excluding steroid dienone is 2. The first kappa shape index (κ1) is 15.8. The quantitative estimate of drug-likeness (QED) is 0.508. The Morgan fingerprint density at radius 2 is 1.05 bits per heavy atom. The highest BCUT2D eigenvalue weighted by Crippen LogP contribution is 2.43. The number of carbonyl (C=O) groups excluding carboxylic acids is 2. The van der Waals surface area contributed by atoms with Gasteiger partial charge in [-0.05, 0) is 10.8 Å². The lowest BCUT2D eigenvalue weighted by atomic mass is 9.72. The average Bonchev–Trinajstić information content (AvgIpc) is 2.52. The molecule has 0 aromatic rings. The van der Waals surface area contributed by atoms with Gasteiger partial charge in [-0.3, -0.25) is 9.59 Å². The van der Waals surface area contributed by atoms with Crippen molar-refractivity contribution in [2.24, 2.45) is 10.8 Å². The Bertz CT molecular complexity index is 500. The van der Waals surface area contributed by atoms with Crippen LogP contribution in [-0.2, 0) is 19.1 Å². The van der Waals surface area contributed by atoms with Gasteiger partial charge in [0.2, 0.25) is 11.6 Å². The van der Waals surface area contributed by atoms with Gasteiger partial charge in [0.05, 0.1) is 24.4 Å². The van der Waals surface area contributed by atoms with E-state index in [1.54, 1.807) is 0 Å². The number of hydrogen-bond acceptors (Lipinski definition) is 4. The second-order valence-corrected chi connectivity index (χ2v) is 7.62. The first-order valence-corrected chi connectivity index (χ1v) is 7.39. The molecule has 0 radical (unpaired) electrons. The van der Waals surface area contributed by atoms with Crippen LogP contribution in [-0.4, -0.2) is 24.8 Å². The normalized spacial score (nSPS) is 20.9. The second-order valence-electron chi connectivity index (χ2n) is 7.62. The van der Waals surface area contributed by atoms with Crippen LogP contribution in [0.5, 0.6) is 0 Å². The molecule has 0 saturated carbocycles. The molecule has 0 atom stereocenters. The van der Waals surface area contributed by atoms with E-state index >= 15 is 0 Å². The molecule has 1 aliphatic carbocycles. The Kier molecular flexibility index (Phi) is 3.77. The summed E-state index contributed by atoms with van der Waals surface area (Å²) in [4.78, 5) is 25.2. The third-order valence-electron chi connectivity index (χ3n) is 3.60. The monoisotopic (exact) mass is 292 g/mol. The highest BCUT2D eigenvalue weighted by atomic mass is 16.5. The number of hydrogen-bond donors (Lipinski definition) is 0. The largest absolute Gasteiger partial charge is 0.489 e. The maximum absolute atomic E-state index is 12.6. The van der Waals surface area contributed by atoms with Crippen molar-refractivity contribution < 1.29 is 19.1 Å². The molecular weight excluding hydrogens is 268 g/mol. The number of ketones is 2. The second kappa shape index (κ2) is 5.00. The smallest absolute Gasteiger partial charge is 0.233 e. The predicted octanol–water partition coefficient (Wildman–Crippen LogP) is 3.18. The van der Waals surface area contributed by atoms with E-state index in [-0.39, 0.29) is 0 Å². The van der Waals surface area contributed by atoms with Crippen LogP contribution in [0.1, 0.15) is 48.0 Å². The molecule has 1 saturated heterocycles. The van der Waals surface area contributed by atoms with Gasteiger partial charge in [-0.2, -0.15) is 0 Å². The number of fused-ring (bicyclic) bond motifs is 1. The van der Waals surface area contributed by atoms with Gasteiger partial charge in [-0.1, -0.05) is 41.5 Å². The van der Waals surface area contributed by atoms with Crippen LogP contribution in [0.15, 0.2) is 22.7 Å². The molecule has 0 aromatic carbocycles. The maximum atomic E-state index is 12.6. The average molecular weight is 292 g/mol. The molecule has 0 aromatic heterocycles. The van der Waals surface area contributed by atoms with Crippen molar-refractivity contribution in [3.8, 4) is 0 Å². The predicted molar refractivity (Wildman–Crippen MR) is 79.5 cm³/mol. The van der Waals surface area contributed by atoms with E-state index in [9.17, 15) is 9.59 Å². The number of carbonyl (C=O) groups is 2. The molecule has 0 N–H and O–H groups in total. The molecule has 2 aliphatic rings. The van der Waals surface area contributed by atoms with Crippen LogP contribution >= 0.6 is 0 Å². The SMILES string of the molecule is CC(C)(C)C1=C2OCCCOC2=C(C(C)(C)C)C(=O)C1=O. The summed E-state index contributed by atoms with van der Waals surface area (Å²) in [7, 11) is 0. The fourth-order valence-corrected chi connectivity index (χ4v) is 2.71. The fourth-order valence-electron chi connectivity index (χ4n) is 2.71. The Labute approximate surface area is 126 Å². The van der Waals surface area contributed by atoms with Crippen LogP contribution < -0.4 is 0 Å². The van der Waals surface area contributed by atoms with E-state index < -0.39 is 22.4 Å². The van der Waals surface area contributed by atoms with Gasteiger partial charge in [0.1, 0.15) is 0 Å². The molecule has 116 valence electrons. The first-order valence-electron chi connectivity index (χ1n) is 7.39. The van der Waals surface area contributed by atoms with Crippen molar-refractivity contribution in [2.45, 2.75) is 48.0 Å². The highest BCUT2D eigenvalue weighted by Gasteiger charge is 2.45. The van der Waals surface area contributed by atoms with Gasteiger partial charge in [0, 0.05) is 6.42 Å². The Morgan fingerprint density at radius 3 is 1.33 bits per heavy atom. The molecule has 0 unspecified atom stereocenters. The molecule has 0 bridgehead atoms. The summed E-state index contributed by atoms with van der Waals surface area (Å²) in [6.07, 6.45) is 0.740. The van der Waals surface area contributed by atoms with Crippen LogP contribution in [0.4, 0.5) is 0 Å². The van der Waals surface area contributed by atoms with Gasteiger partial charge >= 0.3 is 0 Å². The minimum atomic E-state index is -0.468. The van der Waals surface area contributed by atoms with E-state index in [2.05, 4.69) is 0 Å². The van der Waals surface area contributed by atoms with Gasteiger partial charge in [-0.15, -0.1) is 0 Å². The molecule has 1 heterocycles. The Balaban J connectivity index is 2.78. The first-order chi connectivity index (χ1) is 9.55. The fraction of sp³-hybridized carbons (Fsp3) is 0.647. The summed E-state index contributed by atoms with van der Waals surface area (Å²) in [6, 6.07) is 0. The Morgan fingerprint density at radius 1 is 0.714 bits per heavy atom. The summed E-state index contributed by atoms with van der Waals surface area (Å²) in [5.74, 6) is 0.0115. The standard InChI is InChI=1S/C17H24O4/c1-16(2,3)10-12(18)13(19)11(17(4,5)6)15-14(10)20-8-7-9-21-15/h7-9H2,1-6H3. The third-order valence-corrected chi connectivity index (χ3v) is 3.60. The zero-order chi connectivity index (χ0) is 16.0. The summed E-state index contributed by atoms with van der Waals surface area (Å²) in [6.45, 7) is 12.5. The van der Waals surface area contributed by atoms with Crippen LogP contribution in [0.25, 0.3) is 0 Å². The molecule has 21 heavy (non-hydrogen) atoms.